The van der Waals surface area contributed by atoms with Crippen LogP contribution in [0.15, 0.2) is 42.0 Å². The summed E-state index contributed by atoms with van der Waals surface area (Å²) in [5, 5.41) is 9.70. The quantitative estimate of drug-likeness (QED) is 0.639. The first-order valence-electron chi connectivity index (χ1n) is 10.3. The number of amides is 2. The molecule has 8 heteroatoms. The van der Waals surface area contributed by atoms with E-state index < -0.39 is 5.91 Å². The van der Waals surface area contributed by atoms with Crippen molar-refractivity contribution < 1.29 is 33.6 Å². The average molecular weight is 453 g/mol. The van der Waals surface area contributed by atoms with Crippen LogP contribution >= 0.6 is 0 Å². The van der Waals surface area contributed by atoms with Gasteiger partial charge in [0.05, 0.1) is 28.4 Å². The number of aromatic hydroxyl groups is 1. The summed E-state index contributed by atoms with van der Waals surface area (Å²) in [7, 11) is 6.02. The smallest absolute Gasteiger partial charge is 0.256 e. The van der Waals surface area contributed by atoms with Crippen molar-refractivity contribution in [3.8, 4) is 28.7 Å². The van der Waals surface area contributed by atoms with Crippen LogP contribution in [0, 0.1) is 0 Å². The molecule has 0 bridgehead atoms. The molecule has 1 fully saturated rings. The number of piperidine rings is 1. The monoisotopic (exact) mass is 453 g/mol. The number of ether oxygens (including phenoxy) is 4. The topological polar surface area (TPSA) is 94.5 Å². The maximum atomic E-state index is 13.0. The molecule has 1 heterocycles. The van der Waals surface area contributed by atoms with Crippen LogP contribution in [-0.4, -0.2) is 56.8 Å². The van der Waals surface area contributed by atoms with Crippen molar-refractivity contribution in [2.75, 3.05) is 35.0 Å². The highest BCUT2D eigenvalue weighted by molar-refractivity contribution is 6.11. The summed E-state index contributed by atoms with van der Waals surface area (Å²) >= 11 is 0. The molecule has 1 saturated heterocycles. The van der Waals surface area contributed by atoms with E-state index in [-0.39, 0.29) is 11.7 Å². The summed E-state index contributed by atoms with van der Waals surface area (Å²) in [6, 6.07) is 8.23. The molecule has 0 saturated carbocycles. The molecule has 8 nitrogen and oxygen atoms in total. The Morgan fingerprint density at radius 3 is 2.18 bits per heavy atom. The molecule has 1 aliphatic rings. The second-order valence-corrected chi connectivity index (χ2v) is 7.29. The van der Waals surface area contributed by atoms with E-state index in [4.69, 9.17) is 18.9 Å². The van der Waals surface area contributed by atoms with Crippen molar-refractivity contribution in [3.63, 3.8) is 0 Å². The Labute approximate surface area is 192 Å². The van der Waals surface area contributed by atoms with Crippen LogP contribution in [0.4, 0.5) is 0 Å². The minimum atomic E-state index is -0.414. The maximum absolute atomic E-state index is 13.0. The van der Waals surface area contributed by atoms with Crippen LogP contribution in [0.5, 0.6) is 28.7 Å². The molecule has 0 atom stereocenters. The first-order valence-corrected chi connectivity index (χ1v) is 10.3. The van der Waals surface area contributed by atoms with E-state index in [9.17, 15) is 14.7 Å². The predicted molar refractivity (Wildman–Crippen MR) is 124 cm³/mol. The minimum absolute atomic E-state index is 0.00811. The molecule has 0 unspecified atom stereocenters. The lowest BCUT2D eigenvalue weighted by atomic mass is 10.00. The van der Waals surface area contributed by atoms with Crippen LogP contribution in [0.1, 0.15) is 24.0 Å². The second kappa shape index (κ2) is 10.6. The Kier molecular flexibility index (Phi) is 7.61. The molecule has 0 aromatic heterocycles. The van der Waals surface area contributed by atoms with Crippen molar-refractivity contribution in [1.82, 2.24) is 4.90 Å². The van der Waals surface area contributed by atoms with Crippen molar-refractivity contribution >= 4 is 24.0 Å². The summed E-state index contributed by atoms with van der Waals surface area (Å²) in [6.07, 6.45) is 5.87. The number of imide groups is 1. The summed E-state index contributed by atoms with van der Waals surface area (Å²) < 4.78 is 21.2. The van der Waals surface area contributed by atoms with Crippen molar-refractivity contribution in [1.29, 1.82) is 0 Å². The number of hydrogen-bond donors (Lipinski definition) is 1. The van der Waals surface area contributed by atoms with Crippen molar-refractivity contribution in [3.05, 3.63) is 53.1 Å². The third-order valence-electron chi connectivity index (χ3n) is 5.26. The average Bonchev–Trinajstić information content (AvgIpc) is 2.83. The predicted octanol–water partition coefficient (Wildman–Crippen LogP) is 3.67. The fourth-order valence-electron chi connectivity index (χ4n) is 3.59. The zero-order chi connectivity index (χ0) is 24.0. The van der Waals surface area contributed by atoms with E-state index in [0.717, 1.165) is 0 Å². The number of nitrogens with zero attached hydrogens (tertiary/aromatic N) is 1. The number of methoxy groups -OCH3 is 4. The number of benzene rings is 2. The number of hydrogen-bond acceptors (Lipinski definition) is 7. The Morgan fingerprint density at radius 1 is 0.939 bits per heavy atom. The summed E-state index contributed by atoms with van der Waals surface area (Å²) in [5.74, 6) is 0.975. The largest absolute Gasteiger partial charge is 0.504 e. The lowest BCUT2D eigenvalue weighted by Gasteiger charge is -2.26. The molecule has 33 heavy (non-hydrogen) atoms. The highest BCUT2D eigenvalue weighted by atomic mass is 16.5. The van der Waals surface area contributed by atoms with Gasteiger partial charge in [-0.3, -0.25) is 14.5 Å². The molecular weight excluding hydrogens is 426 g/mol. The van der Waals surface area contributed by atoms with Gasteiger partial charge in [0.15, 0.2) is 23.0 Å². The van der Waals surface area contributed by atoms with Crippen LogP contribution in [0.25, 0.3) is 12.2 Å². The molecule has 2 amide bonds. The van der Waals surface area contributed by atoms with Gasteiger partial charge in [-0.1, -0.05) is 6.07 Å². The van der Waals surface area contributed by atoms with E-state index in [0.29, 0.717) is 59.1 Å². The Morgan fingerprint density at radius 2 is 1.58 bits per heavy atom. The molecule has 1 aliphatic heterocycles. The number of phenolic OH excluding ortho intramolecular Hbond substituents is 1. The van der Waals surface area contributed by atoms with Gasteiger partial charge in [0.25, 0.3) is 11.8 Å². The van der Waals surface area contributed by atoms with Gasteiger partial charge in [0.2, 0.25) is 5.75 Å². The van der Waals surface area contributed by atoms with E-state index >= 15 is 0 Å². The summed E-state index contributed by atoms with van der Waals surface area (Å²) in [5.41, 5.74) is 1.88. The highest BCUT2D eigenvalue weighted by Gasteiger charge is 2.27. The van der Waals surface area contributed by atoms with Gasteiger partial charge in [0, 0.05) is 18.2 Å². The SMILES string of the molecule is COc1cc(/C=C/C(=O)N2CCC/C(=C/c3cc(OC)c(OC)c(OC)c3)C2=O)ccc1O. The van der Waals surface area contributed by atoms with Crippen molar-refractivity contribution in [2.45, 2.75) is 12.8 Å². The standard InChI is InChI=1S/C25H27NO7/c1-30-20-13-16(7-9-19(20)27)8-10-23(28)26-11-5-6-18(25(26)29)12-17-14-21(31-2)24(33-4)22(15-17)32-3/h7-10,12-15,27H,5-6,11H2,1-4H3/b10-8+,18-12-. The van der Waals surface area contributed by atoms with Crippen LogP contribution in [0.3, 0.4) is 0 Å². The molecule has 2 aromatic carbocycles. The first kappa shape index (κ1) is 23.7. The number of carbonyl (C=O) groups is 2. The van der Waals surface area contributed by atoms with Gasteiger partial charge in [0.1, 0.15) is 0 Å². The Hall–Kier alpha value is -3.94. The lowest BCUT2D eigenvalue weighted by Crippen LogP contribution is -2.40. The Balaban J connectivity index is 1.82. The van der Waals surface area contributed by atoms with E-state index in [2.05, 4.69) is 0 Å². The molecule has 2 aromatic rings. The van der Waals surface area contributed by atoms with Gasteiger partial charge in [-0.05, 0) is 60.4 Å². The van der Waals surface area contributed by atoms with Gasteiger partial charge in [-0.25, -0.2) is 0 Å². The van der Waals surface area contributed by atoms with Crippen molar-refractivity contribution in [2.24, 2.45) is 0 Å². The fraction of sp³-hybridized carbons (Fsp3) is 0.280. The van der Waals surface area contributed by atoms with Gasteiger partial charge >= 0.3 is 0 Å². The number of carbonyl (C=O) groups excluding carboxylic acids is 2. The zero-order valence-electron chi connectivity index (χ0n) is 19.1. The molecular formula is C25H27NO7. The molecule has 0 aliphatic carbocycles. The Bertz CT molecular complexity index is 1080. The zero-order valence-corrected chi connectivity index (χ0v) is 19.1. The number of rotatable bonds is 7. The number of phenols is 1. The van der Waals surface area contributed by atoms with E-state index in [1.54, 1.807) is 36.4 Å². The lowest BCUT2D eigenvalue weighted by molar-refractivity contribution is -0.140. The first-order chi connectivity index (χ1) is 15.9. The van der Waals surface area contributed by atoms with E-state index in [1.165, 1.54) is 45.5 Å². The van der Waals surface area contributed by atoms with Gasteiger partial charge in [-0.15, -0.1) is 0 Å². The highest BCUT2D eigenvalue weighted by Crippen LogP contribution is 2.39. The van der Waals surface area contributed by atoms with Gasteiger partial charge < -0.3 is 24.1 Å². The maximum Gasteiger partial charge on any atom is 0.256 e. The minimum Gasteiger partial charge on any atom is -0.504 e. The van der Waals surface area contributed by atoms with Crippen LogP contribution < -0.4 is 18.9 Å². The van der Waals surface area contributed by atoms with E-state index in [1.807, 2.05) is 0 Å². The van der Waals surface area contributed by atoms with Gasteiger partial charge in [-0.2, -0.15) is 0 Å². The molecule has 0 spiro atoms. The van der Waals surface area contributed by atoms with Crippen LogP contribution in [0.2, 0.25) is 0 Å². The third-order valence-corrected chi connectivity index (χ3v) is 5.26. The number of likely N-dealkylation sites (tertiary alicyclic amines) is 1. The summed E-state index contributed by atoms with van der Waals surface area (Å²) in [6.45, 7) is 0.341. The second-order valence-electron chi connectivity index (χ2n) is 7.29. The van der Waals surface area contributed by atoms with Crippen LogP contribution in [-0.2, 0) is 9.59 Å². The molecule has 1 N–H and O–H groups in total. The summed E-state index contributed by atoms with van der Waals surface area (Å²) in [4.78, 5) is 27.0. The molecule has 0 radical (unpaired) electrons. The fourth-order valence-corrected chi connectivity index (χ4v) is 3.59. The molecule has 174 valence electrons. The molecule has 3 rings (SSSR count). The normalized spacial score (nSPS) is 15.1. The third kappa shape index (κ3) is 5.28.